The highest BCUT2D eigenvalue weighted by Crippen LogP contribution is 2.35. The average molecular weight is 556 g/mol. The van der Waals surface area contributed by atoms with Gasteiger partial charge in [-0.2, -0.15) is 4.80 Å². The Morgan fingerprint density at radius 2 is 1.81 bits per heavy atom. The number of para-hydroxylation sites is 1. The van der Waals surface area contributed by atoms with E-state index in [1.54, 1.807) is 30.3 Å². The summed E-state index contributed by atoms with van der Waals surface area (Å²) in [6.07, 6.45) is 0. The van der Waals surface area contributed by atoms with Crippen LogP contribution in [0.3, 0.4) is 0 Å². The predicted molar refractivity (Wildman–Crippen MR) is 148 cm³/mol. The zero-order chi connectivity index (χ0) is 26.2. The van der Waals surface area contributed by atoms with Crippen molar-refractivity contribution in [1.82, 2.24) is 30.8 Å². The second kappa shape index (κ2) is 12.5. The molecule has 37 heavy (non-hydrogen) atoms. The van der Waals surface area contributed by atoms with E-state index >= 15 is 0 Å². The molecule has 12 heteroatoms. The van der Waals surface area contributed by atoms with E-state index in [2.05, 4.69) is 31.4 Å². The van der Waals surface area contributed by atoms with Crippen molar-refractivity contribution in [2.24, 2.45) is 0 Å². The number of nitrogens with zero attached hydrogens (tertiary/aromatic N) is 4. The molecule has 3 N–H and O–H groups in total. The smallest absolute Gasteiger partial charge is 0.243 e. The van der Waals surface area contributed by atoms with Gasteiger partial charge >= 0.3 is 0 Å². The number of ether oxygens (including phenoxy) is 1. The quantitative estimate of drug-likeness (QED) is 0.199. The molecule has 0 unspecified atom stereocenters. The van der Waals surface area contributed by atoms with E-state index in [1.165, 1.54) is 4.80 Å². The van der Waals surface area contributed by atoms with Gasteiger partial charge in [-0.3, -0.25) is 4.79 Å². The molecule has 0 spiro atoms. The Morgan fingerprint density at radius 1 is 1.00 bits per heavy atom. The number of amides is 1. The third-order valence-electron chi connectivity index (χ3n) is 4.99. The number of hydrogen-bond acceptors (Lipinski definition) is 6. The number of carbonyl (C=O) groups is 1. The summed E-state index contributed by atoms with van der Waals surface area (Å²) in [6.45, 7) is 2.74. The first kappa shape index (κ1) is 26.3. The molecule has 1 heterocycles. The van der Waals surface area contributed by atoms with E-state index in [0.717, 1.165) is 11.3 Å². The standard InChI is InChI=1S/C25H23Cl2N7O2S/c1-16-5-4-6-18(13-16)30-25(37)29-12-11-28-23(35)15-34-32-24(31-33-34)19-7-2-3-8-21(19)36-22-10-9-17(26)14-20(22)27/h2-10,13-14H,11-12,15H2,1H3,(H,28,35)(H2,29,30,37). The summed E-state index contributed by atoms with van der Waals surface area (Å²) in [6, 6.07) is 20.0. The molecular weight excluding hydrogens is 533 g/mol. The summed E-state index contributed by atoms with van der Waals surface area (Å²) >= 11 is 17.5. The van der Waals surface area contributed by atoms with Crippen LogP contribution < -0.4 is 20.7 Å². The van der Waals surface area contributed by atoms with Crippen LogP contribution in [-0.4, -0.2) is 44.3 Å². The number of rotatable bonds is 9. The van der Waals surface area contributed by atoms with Crippen molar-refractivity contribution in [1.29, 1.82) is 0 Å². The fourth-order valence-corrected chi connectivity index (χ4v) is 3.96. The summed E-state index contributed by atoms with van der Waals surface area (Å²) in [5, 5.41) is 22.7. The molecule has 4 rings (SSSR count). The number of anilines is 1. The fourth-order valence-electron chi connectivity index (χ4n) is 3.30. The van der Waals surface area contributed by atoms with E-state index < -0.39 is 0 Å². The predicted octanol–water partition coefficient (Wildman–Crippen LogP) is 4.85. The van der Waals surface area contributed by atoms with Gasteiger partial charge in [-0.25, -0.2) is 0 Å². The zero-order valence-electron chi connectivity index (χ0n) is 19.7. The molecule has 1 aromatic heterocycles. The van der Waals surface area contributed by atoms with Gasteiger partial charge in [0.05, 0.1) is 10.6 Å². The maximum Gasteiger partial charge on any atom is 0.243 e. The molecule has 0 saturated carbocycles. The number of nitrogens with one attached hydrogen (secondary N) is 3. The highest BCUT2D eigenvalue weighted by Gasteiger charge is 2.15. The van der Waals surface area contributed by atoms with Crippen molar-refractivity contribution in [2.45, 2.75) is 13.5 Å². The lowest BCUT2D eigenvalue weighted by atomic mass is 10.2. The number of tetrazole rings is 1. The van der Waals surface area contributed by atoms with Crippen LogP contribution in [0.4, 0.5) is 5.69 Å². The Balaban J connectivity index is 1.28. The summed E-state index contributed by atoms with van der Waals surface area (Å²) in [4.78, 5) is 13.6. The summed E-state index contributed by atoms with van der Waals surface area (Å²) in [5.41, 5.74) is 2.63. The Hall–Kier alpha value is -3.73. The molecule has 190 valence electrons. The number of hydrogen-bond donors (Lipinski definition) is 3. The maximum atomic E-state index is 12.3. The van der Waals surface area contributed by atoms with Crippen molar-refractivity contribution in [3.05, 3.63) is 82.3 Å². The van der Waals surface area contributed by atoms with Crippen LogP contribution in [0.1, 0.15) is 5.56 Å². The summed E-state index contributed by atoms with van der Waals surface area (Å²) < 4.78 is 5.96. The van der Waals surface area contributed by atoms with E-state index in [0.29, 0.717) is 51.1 Å². The van der Waals surface area contributed by atoms with Crippen LogP contribution in [0.25, 0.3) is 11.4 Å². The third-order valence-corrected chi connectivity index (χ3v) is 5.77. The number of aromatic nitrogens is 4. The van der Waals surface area contributed by atoms with Crippen LogP contribution >= 0.6 is 35.4 Å². The monoisotopic (exact) mass is 555 g/mol. The van der Waals surface area contributed by atoms with Crippen molar-refractivity contribution in [3.63, 3.8) is 0 Å². The van der Waals surface area contributed by atoms with Crippen molar-refractivity contribution < 1.29 is 9.53 Å². The molecule has 9 nitrogen and oxygen atoms in total. The molecule has 0 aliphatic heterocycles. The van der Waals surface area contributed by atoms with E-state index in [1.807, 2.05) is 43.3 Å². The minimum absolute atomic E-state index is 0.0922. The zero-order valence-corrected chi connectivity index (χ0v) is 22.1. The Bertz CT molecular complexity index is 1410. The molecule has 0 bridgehead atoms. The lowest BCUT2D eigenvalue weighted by molar-refractivity contribution is -0.122. The third kappa shape index (κ3) is 7.63. The van der Waals surface area contributed by atoms with Gasteiger partial charge in [-0.05, 0) is 72.4 Å². The first-order chi connectivity index (χ1) is 17.9. The van der Waals surface area contributed by atoms with Gasteiger partial charge < -0.3 is 20.7 Å². The number of halogens is 2. The Kier molecular flexibility index (Phi) is 8.89. The number of carbonyl (C=O) groups excluding carboxylic acids is 1. The van der Waals surface area contributed by atoms with Gasteiger partial charge in [0.2, 0.25) is 11.7 Å². The molecule has 4 aromatic rings. The molecule has 0 fully saturated rings. The first-order valence-corrected chi connectivity index (χ1v) is 12.4. The second-order valence-corrected chi connectivity index (χ2v) is 9.17. The normalized spacial score (nSPS) is 10.6. The Morgan fingerprint density at radius 3 is 2.62 bits per heavy atom. The summed E-state index contributed by atoms with van der Waals surface area (Å²) in [5.74, 6) is 0.966. The van der Waals surface area contributed by atoms with Gasteiger partial charge in [0, 0.05) is 23.8 Å². The van der Waals surface area contributed by atoms with Crippen LogP contribution in [0.5, 0.6) is 11.5 Å². The molecule has 0 saturated heterocycles. The lowest BCUT2D eigenvalue weighted by Crippen LogP contribution is -2.38. The number of aryl methyl sites for hydroxylation is 1. The number of benzene rings is 3. The largest absolute Gasteiger partial charge is 0.455 e. The molecule has 0 aliphatic carbocycles. The van der Waals surface area contributed by atoms with Crippen LogP contribution in [0, 0.1) is 6.92 Å². The first-order valence-electron chi connectivity index (χ1n) is 11.3. The molecular formula is C25H23Cl2N7O2S. The van der Waals surface area contributed by atoms with Crippen molar-refractivity contribution in [3.8, 4) is 22.9 Å². The van der Waals surface area contributed by atoms with Crippen LogP contribution in [0.15, 0.2) is 66.7 Å². The highest BCUT2D eigenvalue weighted by molar-refractivity contribution is 7.80. The van der Waals surface area contributed by atoms with Gasteiger partial charge in [0.1, 0.15) is 18.0 Å². The topological polar surface area (TPSA) is 106 Å². The SMILES string of the molecule is Cc1cccc(NC(=S)NCCNC(=O)Cn2nnc(-c3ccccc3Oc3ccc(Cl)cc3Cl)n2)c1. The van der Waals surface area contributed by atoms with E-state index in [4.69, 9.17) is 40.2 Å². The maximum absolute atomic E-state index is 12.3. The van der Waals surface area contributed by atoms with Crippen LogP contribution in [-0.2, 0) is 11.3 Å². The van der Waals surface area contributed by atoms with Crippen molar-refractivity contribution in [2.75, 3.05) is 18.4 Å². The molecule has 0 radical (unpaired) electrons. The van der Waals surface area contributed by atoms with Gasteiger partial charge in [0.15, 0.2) is 5.11 Å². The molecule has 3 aromatic carbocycles. The fraction of sp³-hybridized carbons (Fsp3) is 0.160. The van der Waals surface area contributed by atoms with E-state index in [-0.39, 0.29) is 12.5 Å². The van der Waals surface area contributed by atoms with Gasteiger partial charge in [-0.1, -0.05) is 47.5 Å². The lowest BCUT2D eigenvalue weighted by Gasteiger charge is -2.11. The minimum atomic E-state index is -0.263. The van der Waals surface area contributed by atoms with Crippen molar-refractivity contribution >= 4 is 52.1 Å². The van der Waals surface area contributed by atoms with Gasteiger partial charge in [0.25, 0.3) is 0 Å². The molecule has 0 atom stereocenters. The highest BCUT2D eigenvalue weighted by atomic mass is 35.5. The number of thiocarbonyl (C=S) groups is 1. The Labute approximate surface area is 229 Å². The van der Waals surface area contributed by atoms with Crippen LogP contribution in [0.2, 0.25) is 10.0 Å². The molecule has 0 aliphatic rings. The minimum Gasteiger partial charge on any atom is -0.455 e. The van der Waals surface area contributed by atoms with Gasteiger partial charge in [-0.15, -0.1) is 10.2 Å². The second-order valence-electron chi connectivity index (χ2n) is 7.92. The molecule has 1 amide bonds. The average Bonchev–Trinajstić information content (AvgIpc) is 3.32. The summed E-state index contributed by atoms with van der Waals surface area (Å²) in [7, 11) is 0. The van der Waals surface area contributed by atoms with E-state index in [9.17, 15) is 4.79 Å².